The van der Waals surface area contributed by atoms with E-state index < -0.39 is 5.82 Å². The number of hydrogen-bond acceptors (Lipinski definition) is 4. The van der Waals surface area contributed by atoms with Crippen molar-refractivity contribution in [2.45, 2.75) is 18.8 Å². The Morgan fingerprint density at radius 2 is 1.91 bits per heavy atom. The molecule has 0 spiro atoms. The van der Waals surface area contributed by atoms with Crippen LogP contribution in [0.4, 0.5) is 10.1 Å². The smallest absolute Gasteiger partial charge is 0.255 e. The van der Waals surface area contributed by atoms with E-state index in [1.165, 1.54) is 18.3 Å². The number of piperidine rings is 1. The maximum atomic E-state index is 14.3. The lowest BCUT2D eigenvalue weighted by Crippen LogP contribution is -2.33. The molecule has 1 saturated heterocycles. The molecule has 2 aromatic heterocycles. The minimum atomic E-state index is -0.531. The number of aromatic nitrogens is 2. The summed E-state index contributed by atoms with van der Waals surface area (Å²) in [6.45, 7) is 2.58. The minimum Gasteiger partial charge on any atom is -0.320 e. The Morgan fingerprint density at radius 1 is 1.18 bits per heavy atom. The summed E-state index contributed by atoms with van der Waals surface area (Å²) in [6, 6.07) is 12.1. The van der Waals surface area contributed by atoms with Crippen molar-refractivity contribution in [1.82, 2.24) is 14.9 Å². The average molecular weight is 564 g/mol. The van der Waals surface area contributed by atoms with Gasteiger partial charge in [-0.3, -0.25) is 9.69 Å². The molecule has 0 aliphatic carbocycles. The van der Waals surface area contributed by atoms with Crippen LogP contribution in [0.25, 0.3) is 6.08 Å². The van der Waals surface area contributed by atoms with E-state index in [-0.39, 0.29) is 21.6 Å². The van der Waals surface area contributed by atoms with E-state index in [0.717, 1.165) is 43.1 Å². The number of anilines is 1. The third kappa shape index (κ3) is 6.42. The van der Waals surface area contributed by atoms with E-state index in [9.17, 15) is 9.18 Å². The third-order valence-corrected chi connectivity index (χ3v) is 6.73. The zero-order valence-electron chi connectivity index (χ0n) is 18.1. The largest absolute Gasteiger partial charge is 0.320 e. The second kappa shape index (κ2) is 11.4. The Kier molecular flexibility index (Phi) is 8.32. The van der Waals surface area contributed by atoms with Crippen molar-refractivity contribution < 1.29 is 9.18 Å². The molecule has 1 aliphatic rings. The van der Waals surface area contributed by atoms with Gasteiger partial charge in [-0.15, -0.1) is 0 Å². The fourth-order valence-electron chi connectivity index (χ4n) is 3.93. The molecule has 1 N–H and O–H groups in total. The van der Waals surface area contributed by atoms with Gasteiger partial charge in [-0.25, -0.2) is 14.4 Å². The molecule has 34 heavy (non-hydrogen) atoms. The Balaban J connectivity index is 1.41. The average Bonchev–Trinajstić information content (AvgIpc) is 2.83. The fourth-order valence-corrected chi connectivity index (χ4v) is 4.54. The highest BCUT2D eigenvalue weighted by atomic mass is 79.9. The van der Waals surface area contributed by atoms with Crippen molar-refractivity contribution in [2.24, 2.45) is 0 Å². The summed E-state index contributed by atoms with van der Waals surface area (Å²) in [4.78, 5) is 23.4. The maximum absolute atomic E-state index is 14.3. The van der Waals surface area contributed by atoms with Crippen LogP contribution in [0.2, 0.25) is 10.2 Å². The highest BCUT2D eigenvalue weighted by Gasteiger charge is 2.25. The van der Waals surface area contributed by atoms with Crippen LogP contribution in [-0.2, 0) is 0 Å². The molecule has 0 saturated carbocycles. The van der Waals surface area contributed by atoms with Crippen LogP contribution in [0, 0.1) is 5.82 Å². The molecule has 5 nitrogen and oxygen atoms in total. The molecule has 0 atom stereocenters. The number of carbonyl (C=O) groups is 1. The molecule has 176 valence electrons. The van der Waals surface area contributed by atoms with E-state index in [0.29, 0.717) is 16.9 Å². The lowest BCUT2D eigenvalue weighted by atomic mass is 9.92. The van der Waals surface area contributed by atoms with E-state index in [1.54, 1.807) is 6.07 Å². The summed E-state index contributed by atoms with van der Waals surface area (Å²) in [6.07, 6.45) is 7.38. The van der Waals surface area contributed by atoms with Crippen molar-refractivity contribution in [3.05, 3.63) is 92.2 Å². The Labute approximate surface area is 216 Å². The molecule has 9 heteroatoms. The summed E-state index contributed by atoms with van der Waals surface area (Å²) in [5.74, 6) is -0.819. The van der Waals surface area contributed by atoms with Gasteiger partial charge >= 0.3 is 0 Å². The van der Waals surface area contributed by atoms with E-state index >= 15 is 0 Å². The number of amides is 1. The van der Waals surface area contributed by atoms with Gasteiger partial charge in [0.1, 0.15) is 9.76 Å². The number of carbonyl (C=O) groups excluding carboxylic acids is 1. The topological polar surface area (TPSA) is 58.1 Å². The van der Waals surface area contributed by atoms with Crippen molar-refractivity contribution in [1.29, 1.82) is 0 Å². The van der Waals surface area contributed by atoms with Crippen LogP contribution in [0.1, 0.15) is 40.4 Å². The first kappa shape index (κ1) is 24.8. The second-order valence-electron chi connectivity index (χ2n) is 8.04. The van der Waals surface area contributed by atoms with Crippen LogP contribution in [-0.4, -0.2) is 40.4 Å². The molecule has 1 amide bonds. The van der Waals surface area contributed by atoms with Crippen molar-refractivity contribution in [3.63, 3.8) is 0 Å². The molecule has 0 bridgehead atoms. The SMILES string of the molecule is O=C(Nc1cc(F)c(Br)nc1C1CCN(C/C=C/c2ccc(Cl)cc2)CC1)c1ccnc(Cl)c1. The molecule has 3 heterocycles. The quantitative estimate of drug-likeness (QED) is 0.334. The highest BCUT2D eigenvalue weighted by Crippen LogP contribution is 2.34. The van der Waals surface area contributed by atoms with Gasteiger partial charge in [0, 0.05) is 35.3 Å². The van der Waals surface area contributed by atoms with Gasteiger partial charge in [0.05, 0.1) is 11.4 Å². The number of halogens is 4. The van der Waals surface area contributed by atoms with Crippen LogP contribution in [0.15, 0.2) is 59.3 Å². The van der Waals surface area contributed by atoms with Crippen molar-refractivity contribution in [3.8, 4) is 0 Å². The molecule has 0 radical (unpaired) electrons. The van der Waals surface area contributed by atoms with Gasteiger partial charge < -0.3 is 5.32 Å². The number of pyridine rings is 2. The number of nitrogens with zero attached hydrogens (tertiary/aromatic N) is 3. The molecular formula is C25H22BrCl2FN4O. The van der Waals surface area contributed by atoms with Crippen LogP contribution in [0.3, 0.4) is 0 Å². The number of likely N-dealkylation sites (tertiary alicyclic amines) is 1. The summed E-state index contributed by atoms with van der Waals surface area (Å²) >= 11 is 15.0. The lowest BCUT2D eigenvalue weighted by molar-refractivity contribution is 0.102. The summed E-state index contributed by atoms with van der Waals surface area (Å²) in [5, 5.41) is 3.74. The zero-order chi connectivity index (χ0) is 24.1. The van der Waals surface area contributed by atoms with Gasteiger partial charge in [0.15, 0.2) is 5.82 Å². The number of benzene rings is 1. The van der Waals surface area contributed by atoms with Crippen LogP contribution < -0.4 is 5.32 Å². The van der Waals surface area contributed by atoms with E-state index in [2.05, 4.69) is 48.3 Å². The van der Waals surface area contributed by atoms with Gasteiger partial charge in [0.2, 0.25) is 0 Å². The number of nitrogens with one attached hydrogen (secondary N) is 1. The van der Waals surface area contributed by atoms with Crippen molar-refractivity contribution >= 4 is 56.8 Å². The molecule has 1 aromatic carbocycles. The predicted octanol–water partition coefficient (Wildman–Crippen LogP) is 6.83. The number of hydrogen-bond donors (Lipinski definition) is 1. The normalized spacial score (nSPS) is 15.1. The standard InChI is InChI=1S/C25H22BrCl2FN4O/c26-24-20(29)15-21(31-25(34)18-7-10-30-22(28)14-18)23(32-24)17-8-12-33(13-9-17)11-1-2-16-3-5-19(27)6-4-16/h1-7,10,14-15,17H,8-9,11-13H2,(H,31,34)/b2-1+. The predicted molar refractivity (Wildman–Crippen MR) is 138 cm³/mol. The lowest BCUT2D eigenvalue weighted by Gasteiger charge is -2.31. The summed E-state index contributed by atoms with van der Waals surface area (Å²) in [7, 11) is 0. The Morgan fingerprint density at radius 3 is 2.62 bits per heavy atom. The van der Waals surface area contributed by atoms with E-state index in [1.807, 2.05) is 24.3 Å². The first-order valence-corrected chi connectivity index (χ1v) is 12.4. The third-order valence-electron chi connectivity index (χ3n) is 5.72. The van der Waals surface area contributed by atoms with Crippen molar-refractivity contribution in [2.75, 3.05) is 25.0 Å². The van der Waals surface area contributed by atoms with Gasteiger partial charge in [0.25, 0.3) is 5.91 Å². The van der Waals surface area contributed by atoms with Crippen LogP contribution >= 0.6 is 39.1 Å². The maximum Gasteiger partial charge on any atom is 0.255 e. The number of rotatable bonds is 6. The highest BCUT2D eigenvalue weighted by molar-refractivity contribution is 9.10. The summed E-state index contributed by atoms with van der Waals surface area (Å²) in [5.41, 5.74) is 2.50. The Bertz CT molecular complexity index is 1200. The first-order chi connectivity index (χ1) is 16.4. The summed E-state index contributed by atoms with van der Waals surface area (Å²) < 4.78 is 14.4. The van der Waals surface area contributed by atoms with Gasteiger partial charge in [-0.2, -0.15) is 0 Å². The minimum absolute atomic E-state index is 0.102. The Hall–Kier alpha value is -2.32. The molecular weight excluding hydrogens is 542 g/mol. The van der Waals surface area contributed by atoms with Gasteiger partial charge in [-0.05, 0) is 71.7 Å². The first-order valence-electron chi connectivity index (χ1n) is 10.8. The molecule has 1 fully saturated rings. The molecule has 3 aromatic rings. The fraction of sp³-hybridized carbons (Fsp3) is 0.240. The zero-order valence-corrected chi connectivity index (χ0v) is 21.2. The van der Waals surface area contributed by atoms with Crippen LogP contribution in [0.5, 0.6) is 0 Å². The van der Waals surface area contributed by atoms with E-state index in [4.69, 9.17) is 23.2 Å². The van der Waals surface area contributed by atoms with Gasteiger partial charge in [-0.1, -0.05) is 47.5 Å². The monoisotopic (exact) mass is 562 g/mol. The molecule has 4 rings (SSSR count). The molecule has 0 unspecified atom stereocenters. The second-order valence-corrected chi connectivity index (χ2v) is 9.62. The molecule has 1 aliphatic heterocycles.